The smallest absolute Gasteiger partial charge is 0.0395 e. The number of rotatable bonds is 4. The highest BCUT2D eigenvalue weighted by Crippen LogP contribution is 2.33. The molecule has 0 amide bonds. The molecular formula is C14H21Cl2N3S. The Kier molecular flexibility index (Phi) is 7.98. The maximum Gasteiger partial charge on any atom is 0.0395 e. The lowest BCUT2D eigenvalue weighted by Gasteiger charge is -2.11. The van der Waals surface area contributed by atoms with Crippen LogP contribution in [0.25, 0.3) is 11.1 Å². The summed E-state index contributed by atoms with van der Waals surface area (Å²) in [5.41, 5.74) is 16.9. The fourth-order valence-corrected chi connectivity index (χ4v) is 2.67. The van der Waals surface area contributed by atoms with Gasteiger partial charge in [0.1, 0.15) is 0 Å². The molecule has 0 atom stereocenters. The standard InChI is InChI=1S/C14H19N3S.2ClH/c1-9(2)17-6-10-7-18-8-13(10)12-5-11(15)3-4-14(12)16;;/h3-5,7-9,17H,6,15-16H2,1-2H3;2*1H. The van der Waals surface area contributed by atoms with Gasteiger partial charge in [0.15, 0.2) is 0 Å². The summed E-state index contributed by atoms with van der Waals surface area (Å²) in [6, 6.07) is 6.10. The van der Waals surface area contributed by atoms with Crippen molar-refractivity contribution in [3.05, 3.63) is 34.5 Å². The van der Waals surface area contributed by atoms with Gasteiger partial charge in [0, 0.05) is 29.5 Å². The summed E-state index contributed by atoms with van der Waals surface area (Å²) in [5.74, 6) is 0. The molecule has 0 aliphatic rings. The van der Waals surface area contributed by atoms with Gasteiger partial charge in [0.25, 0.3) is 0 Å². The van der Waals surface area contributed by atoms with E-state index in [0.717, 1.165) is 23.5 Å². The molecule has 0 saturated carbocycles. The number of benzene rings is 1. The number of anilines is 2. The van der Waals surface area contributed by atoms with Crippen molar-refractivity contribution >= 4 is 47.5 Å². The van der Waals surface area contributed by atoms with Crippen LogP contribution in [0.2, 0.25) is 0 Å². The largest absolute Gasteiger partial charge is 0.399 e. The van der Waals surface area contributed by atoms with Gasteiger partial charge in [0.05, 0.1) is 0 Å². The van der Waals surface area contributed by atoms with E-state index in [0.29, 0.717) is 6.04 Å². The van der Waals surface area contributed by atoms with Crippen LogP contribution in [0.1, 0.15) is 19.4 Å². The molecule has 2 rings (SSSR count). The fourth-order valence-electron chi connectivity index (χ4n) is 1.82. The Hall–Kier alpha value is -0.940. The number of nitrogens with two attached hydrogens (primary N) is 2. The lowest BCUT2D eigenvalue weighted by Crippen LogP contribution is -2.21. The van der Waals surface area contributed by atoms with Crippen molar-refractivity contribution in [2.75, 3.05) is 11.5 Å². The summed E-state index contributed by atoms with van der Waals surface area (Å²) in [6.45, 7) is 5.13. The lowest BCUT2D eigenvalue weighted by molar-refractivity contribution is 0.590. The molecule has 0 fully saturated rings. The first-order valence-corrected chi connectivity index (χ1v) is 6.96. The number of halogens is 2. The van der Waals surface area contributed by atoms with Gasteiger partial charge in [-0.2, -0.15) is 11.3 Å². The minimum absolute atomic E-state index is 0. The molecule has 2 aromatic rings. The van der Waals surface area contributed by atoms with Crippen molar-refractivity contribution in [2.45, 2.75) is 26.4 Å². The first kappa shape index (κ1) is 19.1. The van der Waals surface area contributed by atoms with Crippen LogP contribution in [0, 0.1) is 0 Å². The van der Waals surface area contributed by atoms with E-state index in [9.17, 15) is 0 Å². The Morgan fingerprint density at radius 2 is 1.80 bits per heavy atom. The molecular weight excluding hydrogens is 313 g/mol. The lowest BCUT2D eigenvalue weighted by atomic mass is 10.0. The van der Waals surface area contributed by atoms with Gasteiger partial charge in [-0.25, -0.2) is 0 Å². The number of hydrogen-bond donors (Lipinski definition) is 3. The second-order valence-corrected chi connectivity index (χ2v) is 5.44. The van der Waals surface area contributed by atoms with Gasteiger partial charge >= 0.3 is 0 Å². The highest BCUT2D eigenvalue weighted by Gasteiger charge is 2.10. The van der Waals surface area contributed by atoms with E-state index in [2.05, 4.69) is 29.9 Å². The zero-order valence-electron chi connectivity index (χ0n) is 11.6. The molecule has 0 unspecified atom stereocenters. The Labute approximate surface area is 136 Å². The van der Waals surface area contributed by atoms with Gasteiger partial charge in [-0.15, -0.1) is 24.8 Å². The Morgan fingerprint density at radius 1 is 1.10 bits per heavy atom. The van der Waals surface area contributed by atoms with Crippen LogP contribution in [0.4, 0.5) is 11.4 Å². The summed E-state index contributed by atoms with van der Waals surface area (Å²) in [4.78, 5) is 0. The maximum atomic E-state index is 6.03. The molecule has 1 heterocycles. The second kappa shape index (κ2) is 8.37. The van der Waals surface area contributed by atoms with Crippen molar-refractivity contribution in [1.82, 2.24) is 5.32 Å². The van der Waals surface area contributed by atoms with Crippen LogP contribution in [0.15, 0.2) is 29.0 Å². The third-order valence-electron chi connectivity index (χ3n) is 2.81. The molecule has 6 heteroatoms. The molecule has 0 bridgehead atoms. The predicted molar refractivity (Wildman–Crippen MR) is 95.1 cm³/mol. The molecule has 0 aliphatic heterocycles. The Bertz CT molecular complexity index is 541. The fraction of sp³-hybridized carbons (Fsp3) is 0.286. The second-order valence-electron chi connectivity index (χ2n) is 4.69. The molecule has 20 heavy (non-hydrogen) atoms. The van der Waals surface area contributed by atoms with Crippen molar-refractivity contribution in [3.8, 4) is 11.1 Å². The van der Waals surface area contributed by atoms with Crippen molar-refractivity contribution in [1.29, 1.82) is 0 Å². The molecule has 5 N–H and O–H groups in total. The molecule has 0 aliphatic carbocycles. The zero-order valence-corrected chi connectivity index (χ0v) is 14.0. The molecule has 0 saturated heterocycles. The van der Waals surface area contributed by atoms with Gasteiger partial charge in [-0.1, -0.05) is 13.8 Å². The van der Waals surface area contributed by atoms with Crippen molar-refractivity contribution in [3.63, 3.8) is 0 Å². The van der Waals surface area contributed by atoms with E-state index < -0.39 is 0 Å². The van der Waals surface area contributed by atoms with Crippen LogP contribution in [-0.4, -0.2) is 6.04 Å². The minimum Gasteiger partial charge on any atom is -0.399 e. The highest BCUT2D eigenvalue weighted by molar-refractivity contribution is 7.08. The van der Waals surface area contributed by atoms with Crippen LogP contribution < -0.4 is 16.8 Å². The van der Waals surface area contributed by atoms with Crippen LogP contribution in [-0.2, 0) is 6.54 Å². The molecule has 3 nitrogen and oxygen atoms in total. The quantitative estimate of drug-likeness (QED) is 0.743. The minimum atomic E-state index is 0. The third-order valence-corrected chi connectivity index (χ3v) is 3.60. The maximum absolute atomic E-state index is 6.03. The van der Waals surface area contributed by atoms with E-state index in [4.69, 9.17) is 11.5 Å². The average molecular weight is 334 g/mol. The van der Waals surface area contributed by atoms with Gasteiger partial charge in [-0.05, 0) is 40.1 Å². The van der Waals surface area contributed by atoms with Gasteiger partial charge in [0.2, 0.25) is 0 Å². The van der Waals surface area contributed by atoms with Crippen LogP contribution >= 0.6 is 36.2 Å². The molecule has 1 aromatic carbocycles. The van der Waals surface area contributed by atoms with E-state index in [1.807, 2.05) is 18.2 Å². The Balaban J connectivity index is 0.00000180. The number of nitrogen functional groups attached to an aromatic ring is 2. The van der Waals surface area contributed by atoms with Crippen molar-refractivity contribution < 1.29 is 0 Å². The molecule has 1 aromatic heterocycles. The highest BCUT2D eigenvalue weighted by atomic mass is 35.5. The molecule has 112 valence electrons. The third kappa shape index (κ3) is 4.56. The Morgan fingerprint density at radius 3 is 2.45 bits per heavy atom. The normalized spacial score (nSPS) is 9.95. The summed E-state index contributed by atoms with van der Waals surface area (Å²) in [5, 5.41) is 7.71. The monoisotopic (exact) mass is 333 g/mol. The number of hydrogen-bond acceptors (Lipinski definition) is 4. The molecule has 0 radical (unpaired) electrons. The number of nitrogens with one attached hydrogen (secondary N) is 1. The van der Waals surface area contributed by atoms with E-state index in [-0.39, 0.29) is 24.8 Å². The van der Waals surface area contributed by atoms with E-state index in [1.165, 1.54) is 11.1 Å². The van der Waals surface area contributed by atoms with Gasteiger partial charge in [-0.3, -0.25) is 0 Å². The topological polar surface area (TPSA) is 64.1 Å². The van der Waals surface area contributed by atoms with Gasteiger partial charge < -0.3 is 16.8 Å². The van der Waals surface area contributed by atoms with Crippen LogP contribution in [0.5, 0.6) is 0 Å². The summed E-state index contributed by atoms with van der Waals surface area (Å²) in [6.07, 6.45) is 0. The summed E-state index contributed by atoms with van der Waals surface area (Å²) >= 11 is 1.69. The first-order valence-electron chi connectivity index (χ1n) is 6.01. The van der Waals surface area contributed by atoms with Crippen LogP contribution in [0.3, 0.4) is 0 Å². The number of thiophene rings is 1. The van der Waals surface area contributed by atoms with Crippen molar-refractivity contribution in [2.24, 2.45) is 0 Å². The SMILES string of the molecule is CC(C)NCc1cscc1-c1cc(N)ccc1N.Cl.Cl. The molecule has 0 spiro atoms. The van der Waals surface area contributed by atoms with E-state index in [1.54, 1.807) is 11.3 Å². The van der Waals surface area contributed by atoms with E-state index >= 15 is 0 Å². The zero-order chi connectivity index (χ0) is 13.1. The summed E-state index contributed by atoms with van der Waals surface area (Å²) < 4.78 is 0. The average Bonchev–Trinajstić information content (AvgIpc) is 2.77. The summed E-state index contributed by atoms with van der Waals surface area (Å²) in [7, 11) is 0. The first-order chi connectivity index (χ1) is 8.58. The predicted octanol–water partition coefficient (Wildman–Crippen LogP) is 3.92.